The number of nitrogens with one attached hydrogen (secondary N) is 2. The maximum atomic E-state index is 11.9. The molecule has 0 aromatic rings. The highest BCUT2D eigenvalue weighted by Crippen LogP contribution is 2.05. The molecular formula is C7H11FN2. The molecule has 2 nitrogen and oxygen atoms in total. The average Bonchev–Trinajstić information content (AvgIpc) is 1.81. The van der Waals surface area contributed by atoms with Gasteiger partial charge in [-0.05, 0) is 17.6 Å². The van der Waals surface area contributed by atoms with Crippen LogP contribution in [0.1, 0.15) is 13.8 Å². The molecule has 56 valence electrons. The van der Waals surface area contributed by atoms with Gasteiger partial charge >= 0.3 is 0 Å². The van der Waals surface area contributed by atoms with Gasteiger partial charge in [0.15, 0.2) is 0 Å². The summed E-state index contributed by atoms with van der Waals surface area (Å²) in [5.41, 5.74) is 0.535. The standard InChI is InChI=1S/C7H11FN2/c1-5(2)6(4-9)3-7(8)10/h3-5,9-10H,1-2H3/b6-3+,9-4?,10-7?. The molecule has 2 N–H and O–H groups in total. The van der Waals surface area contributed by atoms with E-state index in [2.05, 4.69) is 0 Å². The molecule has 0 radical (unpaired) electrons. The van der Waals surface area contributed by atoms with Crippen molar-refractivity contribution in [2.45, 2.75) is 13.8 Å². The fraction of sp³-hybridized carbons (Fsp3) is 0.429. The summed E-state index contributed by atoms with van der Waals surface area (Å²) in [6.07, 6.45) is 2.12. The van der Waals surface area contributed by atoms with E-state index in [-0.39, 0.29) is 5.92 Å². The predicted octanol–water partition coefficient (Wildman–Crippen LogP) is 2.17. The lowest BCUT2D eigenvalue weighted by atomic mass is 10.0. The van der Waals surface area contributed by atoms with Gasteiger partial charge in [-0.2, -0.15) is 4.39 Å². The third-order valence-corrected chi connectivity index (χ3v) is 1.13. The zero-order valence-electron chi connectivity index (χ0n) is 6.11. The van der Waals surface area contributed by atoms with Crippen molar-refractivity contribution in [3.05, 3.63) is 11.6 Å². The Hall–Kier alpha value is -0.990. The fourth-order valence-corrected chi connectivity index (χ4v) is 0.521. The first-order valence-electron chi connectivity index (χ1n) is 3.04. The molecule has 0 unspecified atom stereocenters. The van der Waals surface area contributed by atoms with E-state index in [1.165, 1.54) is 0 Å². The van der Waals surface area contributed by atoms with Gasteiger partial charge in [0.2, 0.25) is 5.97 Å². The molecule has 0 saturated carbocycles. The summed E-state index contributed by atoms with van der Waals surface area (Å²) in [6, 6.07) is 0. The molecule has 3 heteroatoms. The van der Waals surface area contributed by atoms with Crippen LogP contribution in [0.5, 0.6) is 0 Å². The van der Waals surface area contributed by atoms with Gasteiger partial charge in [0.1, 0.15) is 0 Å². The Morgan fingerprint density at radius 2 is 2.00 bits per heavy atom. The largest absolute Gasteiger partial charge is 0.308 e. The minimum atomic E-state index is -0.993. The van der Waals surface area contributed by atoms with Crippen molar-refractivity contribution in [1.82, 2.24) is 0 Å². The summed E-state index contributed by atoms with van der Waals surface area (Å²) in [4.78, 5) is 0. The third kappa shape index (κ3) is 3.12. The smallest absolute Gasteiger partial charge is 0.205 e. The molecule has 10 heavy (non-hydrogen) atoms. The van der Waals surface area contributed by atoms with Gasteiger partial charge in [0.05, 0.1) is 0 Å². The lowest BCUT2D eigenvalue weighted by Gasteiger charge is -2.01. The van der Waals surface area contributed by atoms with Gasteiger partial charge < -0.3 is 5.41 Å². The van der Waals surface area contributed by atoms with Crippen molar-refractivity contribution in [2.24, 2.45) is 5.92 Å². The molecule has 0 spiro atoms. The quantitative estimate of drug-likeness (QED) is 0.567. The van der Waals surface area contributed by atoms with E-state index in [0.717, 1.165) is 12.3 Å². The molecule has 0 atom stereocenters. The van der Waals surface area contributed by atoms with Crippen LogP contribution in [0.25, 0.3) is 0 Å². The second-order valence-corrected chi connectivity index (χ2v) is 2.29. The highest BCUT2D eigenvalue weighted by molar-refractivity contribution is 5.91. The Morgan fingerprint density at radius 3 is 2.10 bits per heavy atom. The lowest BCUT2D eigenvalue weighted by Crippen LogP contribution is -1.96. The van der Waals surface area contributed by atoms with Crippen molar-refractivity contribution < 1.29 is 4.39 Å². The molecule has 0 saturated heterocycles. The maximum Gasteiger partial charge on any atom is 0.205 e. The summed E-state index contributed by atoms with van der Waals surface area (Å²) >= 11 is 0. The minimum Gasteiger partial charge on any atom is -0.308 e. The van der Waals surface area contributed by atoms with Gasteiger partial charge in [-0.15, -0.1) is 0 Å². The maximum absolute atomic E-state index is 11.9. The number of halogens is 1. The summed E-state index contributed by atoms with van der Waals surface area (Å²) in [7, 11) is 0. The first-order valence-corrected chi connectivity index (χ1v) is 3.04. The molecule has 0 aliphatic rings. The minimum absolute atomic E-state index is 0.105. The van der Waals surface area contributed by atoms with Crippen LogP contribution in [-0.2, 0) is 0 Å². The molecule has 0 rings (SSSR count). The topological polar surface area (TPSA) is 47.7 Å². The normalized spacial score (nSPS) is 11.8. The van der Waals surface area contributed by atoms with E-state index in [4.69, 9.17) is 10.8 Å². The van der Waals surface area contributed by atoms with Gasteiger partial charge in [-0.3, -0.25) is 5.41 Å². The van der Waals surface area contributed by atoms with Crippen molar-refractivity contribution in [1.29, 1.82) is 10.8 Å². The Bertz CT molecular complexity index is 170. The van der Waals surface area contributed by atoms with E-state index in [0.29, 0.717) is 5.57 Å². The fourth-order valence-electron chi connectivity index (χ4n) is 0.521. The number of hydrogen-bond donors (Lipinski definition) is 2. The Kier molecular flexibility index (Phi) is 3.54. The SMILES string of the molecule is CC(C)/C(C=N)=C/C(=N)F. The van der Waals surface area contributed by atoms with Crippen LogP contribution in [0.15, 0.2) is 11.6 Å². The van der Waals surface area contributed by atoms with Gasteiger partial charge in [-0.1, -0.05) is 13.8 Å². The van der Waals surface area contributed by atoms with E-state index >= 15 is 0 Å². The zero-order valence-corrected chi connectivity index (χ0v) is 6.11. The van der Waals surface area contributed by atoms with Crippen LogP contribution in [0.2, 0.25) is 0 Å². The van der Waals surface area contributed by atoms with Crippen LogP contribution in [-0.4, -0.2) is 12.2 Å². The van der Waals surface area contributed by atoms with Crippen LogP contribution in [0.3, 0.4) is 0 Å². The van der Waals surface area contributed by atoms with Crippen LogP contribution in [0.4, 0.5) is 4.39 Å². The van der Waals surface area contributed by atoms with Crippen molar-refractivity contribution in [3.63, 3.8) is 0 Å². The monoisotopic (exact) mass is 142 g/mol. The van der Waals surface area contributed by atoms with Gasteiger partial charge in [0, 0.05) is 6.21 Å². The Balaban J connectivity index is 4.33. The second-order valence-electron chi connectivity index (χ2n) is 2.29. The van der Waals surface area contributed by atoms with Crippen LogP contribution >= 0.6 is 0 Å². The van der Waals surface area contributed by atoms with E-state index < -0.39 is 5.97 Å². The zero-order chi connectivity index (χ0) is 8.15. The van der Waals surface area contributed by atoms with Gasteiger partial charge in [0.25, 0.3) is 0 Å². The lowest BCUT2D eigenvalue weighted by molar-refractivity contribution is 0.782. The number of allylic oxidation sites excluding steroid dienone is 2. The summed E-state index contributed by atoms with van der Waals surface area (Å²) in [5, 5.41) is 13.3. The molecule has 0 aliphatic heterocycles. The Morgan fingerprint density at radius 1 is 1.50 bits per heavy atom. The first kappa shape index (κ1) is 9.01. The second kappa shape index (κ2) is 3.93. The third-order valence-electron chi connectivity index (χ3n) is 1.13. The average molecular weight is 142 g/mol. The molecule has 0 aliphatic carbocycles. The Labute approximate surface area is 59.8 Å². The molecule has 0 aromatic carbocycles. The summed E-state index contributed by atoms with van der Waals surface area (Å²) in [5.74, 6) is -0.888. The van der Waals surface area contributed by atoms with Crippen LogP contribution in [0, 0.1) is 16.7 Å². The van der Waals surface area contributed by atoms with Crippen molar-refractivity contribution in [2.75, 3.05) is 0 Å². The van der Waals surface area contributed by atoms with Crippen molar-refractivity contribution in [3.8, 4) is 0 Å². The highest BCUT2D eigenvalue weighted by Gasteiger charge is 1.99. The molecular weight excluding hydrogens is 131 g/mol. The first-order chi connectivity index (χ1) is 4.57. The number of hydrogen-bond acceptors (Lipinski definition) is 2. The van der Waals surface area contributed by atoms with Crippen molar-refractivity contribution >= 4 is 12.2 Å². The van der Waals surface area contributed by atoms with Gasteiger partial charge in [-0.25, -0.2) is 0 Å². The predicted molar refractivity (Wildman–Crippen MR) is 40.5 cm³/mol. The van der Waals surface area contributed by atoms with E-state index in [9.17, 15) is 4.39 Å². The number of rotatable bonds is 3. The van der Waals surface area contributed by atoms with E-state index in [1.807, 2.05) is 13.8 Å². The molecule has 0 fully saturated rings. The molecule has 0 bridgehead atoms. The molecule has 0 heterocycles. The van der Waals surface area contributed by atoms with E-state index in [1.54, 1.807) is 0 Å². The molecule has 0 aromatic heterocycles. The summed E-state index contributed by atoms with van der Waals surface area (Å²) in [6.45, 7) is 3.69. The summed E-state index contributed by atoms with van der Waals surface area (Å²) < 4.78 is 11.9. The highest BCUT2D eigenvalue weighted by atomic mass is 19.1. The van der Waals surface area contributed by atoms with Crippen LogP contribution < -0.4 is 0 Å². The molecule has 0 amide bonds.